The van der Waals surface area contributed by atoms with Crippen LogP contribution in [0.1, 0.15) is 20.8 Å². The number of nitrogens with zero attached hydrogens (tertiary/aromatic N) is 1. The predicted octanol–water partition coefficient (Wildman–Crippen LogP) is 1.38. The molecule has 88 valence electrons. The molecular weight excluding hydrogens is 198 g/mol. The number of carboxylic acid groups (broad SMARTS) is 1. The fourth-order valence-electron chi connectivity index (χ4n) is 2.08. The van der Waals surface area contributed by atoms with E-state index in [0.29, 0.717) is 13.2 Å². The Morgan fingerprint density at radius 1 is 1.53 bits per heavy atom. The zero-order valence-electron chi connectivity index (χ0n) is 9.47. The van der Waals surface area contributed by atoms with Gasteiger partial charge in [-0.15, -0.1) is 0 Å². The van der Waals surface area contributed by atoms with Crippen LogP contribution in [0.25, 0.3) is 0 Å². The molecular formula is C10H19NO4. The molecule has 1 saturated heterocycles. The van der Waals surface area contributed by atoms with Gasteiger partial charge in [0.15, 0.2) is 0 Å². The molecule has 0 aliphatic carbocycles. The first kappa shape index (κ1) is 12.3. The highest BCUT2D eigenvalue weighted by Gasteiger charge is 2.34. The maximum Gasteiger partial charge on any atom is 0.407 e. The number of likely N-dealkylation sites (N-methyl/N-ethyl adjacent to an activating group) is 1. The van der Waals surface area contributed by atoms with Crippen molar-refractivity contribution in [1.29, 1.82) is 0 Å². The highest BCUT2D eigenvalue weighted by atomic mass is 16.7. The topological polar surface area (TPSA) is 59.0 Å². The standard InChI is InChI=1S/C10H19NO4/c1-4-11(10(12)13)9-7(2)5-14-6-15-8(9)3/h7-9H,4-6H2,1-3H3,(H,12,13)/t7?,8-,9+/m1/s1. The number of hydrogen-bond donors (Lipinski definition) is 1. The molecule has 5 heteroatoms. The molecule has 0 spiro atoms. The Morgan fingerprint density at radius 3 is 2.73 bits per heavy atom. The van der Waals surface area contributed by atoms with Gasteiger partial charge in [-0.3, -0.25) is 0 Å². The fourth-order valence-corrected chi connectivity index (χ4v) is 2.08. The van der Waals surface area contributed by atoms with Crippen LogP contribution in [-0.4, -0.2) is 48.2 Å². The van der Waals surface area contributed by atoms with Crippen molar-refractivity contribution in [2.75, 3.05) is 19.9 Å². The summed E-state index contributed by atoms with van der Waals surface area (Å²) < 4.78 is 10.6. The molecule has 0 bridgehead atoms. The second-order valence-corrected chi connectivity index (χ2v) is 3.90. The molecule has 0 radical (unpaired) electrons. The van der Waals surface area contributed by atoms with Gasteiger partial charge in [0.1, 0.15) is 6.79 Å². The van der Waals surface area contributed by atoms with Gasteiger partial charge in [-0.1, -0.05) is 6.92 Å². The van der Waals surface area contributed by atoms with Gasteiger partial charge in [0, 0.05) is 12.5 Å². The van der Waals surface area contributed by atoms with Crippen molar-refractivity contribution in [3.05, 3.63) is 0 Å². The van der Waals surface area contributed by atoms with Gasteiger partial charge < -0.3 is 19.5 Å². The summed E-state index contributed by atoms with van der Waals surface area (Å²) in [5.41, 5.74) is 0. The van der Waals surface area contributed by atoms with Crippen molar-refractivity contribution >= 4 is 6.09 Å². The molecule has 1 N–H and O–H groups in total. The van der Waals surface area contributed by atoms with Crippen LogP contribution in [0.15, 0.2) is 0 Å². The SMILES string of the molecule is CCN(C(=O)O)[C@H]1C(C)COCO[C@@H]1C. The van der Waals surface area contributed by atoms with Crippen molar-refractivity contribution in [1.82, 2.24) is 4.90 Å². The molecule has 1 amide bonds. The van der Waals surface area contributed by atoms with Crippen molar-refractivity contribution in [2.45, 2.75) is 32.9 Å². The lowest BCUT2D eigenvalue weighted by molar-refractivity contribution is -0.0723. The van der Waals surface area contributed by atoms with Crippen LogP contribution in [0, 0.1) is 5.92 Å². The largest absolute Gasteiger partial charge is 0.465 e. The Morgan fingerprint density at radius 2 is 2.20 bits per heavy atom. The molecule has 1 heterocycles. The van der Waals surface area contributed by atoms with Crippen molar-refractivity contribution < 1.29 is 19.4 Å². The molecule has 1 fully saturated rings. The van der Waals surface area contributed by atoms with E-state index in [1.54, 1.807) is 0 Å². The van der Waals surface area contributed by atoms with Crippen LogP contribution in [0.5, 0.6) is 0 Å². The number of amides is 1. The smallest absolute Gasteiger partial charge is 0.407 e. The number of rotatable bonds is 2. The minimum absolute atomic E-state index is 0.126. The summed E-state index contributed by atoms with van der Waals surface area (Å²) in [7, 11) is 0. The van der Waals surface area contributed by atoms with E-state index < -0.39 is 6.09 Å². The van der Waals surface area contributed by atoms with Gasteiger partial charge in [-0.05, 0) is 13.8 Å². The Bertz CT molecular complexity index is 209. The molecule has 15 heavy (non-hydrogen) atoms. The second kappa shape index (κ2) is 5.32. The van der Waals surface area contributed by atoms with Crippen molar-refractivity contribution in [3.8, 4) is 0 Å². The summed E-state index contributed by atoms with van der Waals surface area (Å²) in [5.74, 6) is 0.151. The molecule has 0 saturated carbocycles. The highest BCUT2D eigenvalue weighted by molar-refractivity contribution is 5.65. The first-order valence-electron chi connectivity index (χ1n) is 5.26. The molecule has 1 unspecified atom stereocenters. The lowest BCUT2D eigenvalue weighted by Crippen LogP contribution is -2.49. The van der Waals surface area contributed by atoms with E-state index in [1.807, 2.05) is 20.8 Å². The first-order chi connectivity index (χ1) is 7.07. The van der Waals surface area contributed by atoms with E-state index in [4.69, 9.17) is 14.6 Å². The summed E-state index contributed by atoms with van der Waals surface area (Å²) in [4.78, 5) is 12.5. The summed E-state index contributed by atoms with van der Waals surface area (Å²) in [6, 6.07) is -0.130. The third kappa shape index (κ3) is 2.82. The van der Waals surface area contributed by atoms with E-state index >= 15 is 0 Å². The average Bonchev–Trinajstić information content (AvgIpc) is 2.32. The minimum Gasteiger partial charge on any atom is -0.465 e. The minimum atomic E-state index is -0.897. The molecule has 0 aromatic heterocycles. The van der Waals surface area contributed by atoms with Gasteiger partial charge in [-0.2, -0.15) is 0 Å². The van der Waals surface area contributed by atoms with Crippen LogP contribution >= 0.6 is 0 Å². The van der Waals surface area contributed by atoms with Crippen molar-refractivity contribution in [2.24, 2.45) is 5.92 Å². The molecule has 5 nitrogen and oxygen atoms in total. The summed E-state index contributed by atoms with van der Waals surface area (Å²) in [5, 5.41) is 9.08. The van der Waals surface area contributed by atoms with E-state index in [-0.39, 0.29) is 24.9 Å². The lowest BCUT2D eigenvalue weighted by atomic mass is 9.97. The zero-order valence-corrected chi connectivity index (χ0v) is 9.47. The van der Waals surface area contributed by atoms with Crippen LogP contribution in [-0.2, 0) is 9.47 Å². The highest BCUT2D eigenvalue weighted by Crippen LogP contribution is 2.21. The van der Waals surface area contributed by atoms with Gasteiger partial charge in [-0.25, -0.2) is 4.79 Å². The van der Waals surface area contributed by atoms with Crippen LogP contribution in [0.2, 0.25) is 0 Å². The number of hydrogen-bond acceptors (Lipinski definition) is 3. The Labute approximate surface area is 90.0 Å². The van der Waals surface area contributed by atoms with E-state index in [9.17, 15) is 4.79 Å². The molecule has 3 atom stereocenters. The summed E-state index contributed by atoms with van der Waals surface area (Å²) in [6.07, 6.45) is -1.02. The second-order valence-electron chi connectivity index (χ2n) is 3.90. The van der Waals surface area contributed by atoms with E-state index in [1.165, 1.54) is 4.90 Å². The zero-order chi connectivity index (χ0) is 11.4. The first-order valence-corrected chi connectivity index (χ1v) is 5.26. The third-order valence-electron chi connectivity index (χ3n) is 2.81. The Balaban J connectivity index is 2.80. The van der Waals surface area contributed by atoms with Gasteiger partial charge in [0.25, 0.3) is 0 Å². The van der Waals surface area contributed by atoms with Gasteiger partial charge >= 0.3 is 6.09 Å². The predicted molar refractivity (Wildman–Crippen MR) is 54.7 cm³/mol. The van der Waals surface area contributed by atoms with E-state index in [0.717, 1.165) is 0 Å². The molecule has 1 aliphatic heterocycles. The lowest BCUT2D eigenvalue weighted by Gasteiger charge is -2.34. The van der Waals surface area contributed by atoms with Gasteiger partial charge in [0.2, 0.25) is 0 Å². The molecule has 0 aromatic rings. The Hall–Kier alpha value is -0.810. The van der Waals surface area contributed by atoms with Crippen LogP contribution in [0.3, 0.4) is 0 Å². The molecule has 1 aliphatic rings. The number of ether oxygens (including phenoxy) is 2. The summed E-state index contributed by atoms with van der Waals surface area (Å²) in [6.45, 7) is 6.97. The van der Waals surface area contributed by atoms with Crippen molar-refractivity contribution in [3.63, 3.8) is 0 Å². The molecule has 1 rings (SSSR count). The van der Waals surface area contributed by atoms with Crippen LogP contribution < -0.4 is 0 Å². The maximum absolute atomic E-state index is 11.1. The quantitative estimate of drug-likeness (QED) is 0.759. The normalized spacial score (nSPS) is 32.1. The fraction of sp³-hybridized carbons (Fsp3) is 0.900. The number of carbonyl (C=O) groups is 1. The average molecular weight is 217 g/mol. The van der Waals surface area contributed by atoms with E-state index in [2.05, 4.69) is 0 Å². The summed E-state index contributed by atoms with van der Waals surface area (Å²) >= 11 is 0. The Kier molecular flexibility index (Phi) is 4.35. The molecule has 0 aromatic carbocycles. The maximum atomic E-state index is 11.1. The third-order valence-corrected chi connectivity index (χ3v) is 2.81. The monoisotopic (exact) mass is 217 g/mol. The van der Waals surface area contributed by atoms with Gasteiger partial charge in [0.05, 0.1) is 18.8 Å². The van der Waals surface area contributed by atoms with Crippen LogP contribution in [0.4, 0.5) is 4.79 Å².